The van der Waals surface area contributed by atoms with Crippen molar-refractivity contribution in [3.63, 3.8) is 0 Å². The zero-order chi connectivity index (χ0) is 12.6. The van der Waals surface area contributed by atoms with Crippen LogP contribution in [0.5, 0.6) is 0 Å². The van der Waals surface area contributed by atoms with Gasteiger partial charge in [-0.1, -0.05) is 15.9 Å². The highest BCUT2D eigenvalue weighted by atomic mass is 79.9. The maximum atomic E-state index is 12.0. The van der Waals surface area contributed by atoms with Crippen molar-refractivity contribution >= 4 is 31.6 Å². The lowest BCUT2D eigenvalue weighted by Gasteiger charge is -2.21. The molecule has 0 saturated heterocycles. The predicted octanol–water partition coefficient (Wildman–Crippen LogP) is 2.11. The minimum absolute atomic E-state index is 0.0943. The molecule has 1 aromatic rings. The molecule has 6 heteroatoms. The van der Waals surface area contributed by atoms with Gasteiger partial charge in [0.2, 0.25) is 10.0 Å². The van der Waals surface area contributed by atoms with Gasteiger partial charge in [0.05, 0.1) is 5.69 Å². The second kappa shape index (κ2) is 4.35. The molecule has 1 rings (SSSR count). The molecule has 0 saturated carbocycles. The van der Waals surface area contributed by atoms with E-state index in [9.17, 15) is 8.42 Å². The number of nitrogens with two attached hydrogens (primary N) is 1. The molecular weight excluding hydrogens is 292 g/mol. The fourth-order valence-corrected chi connectivity index (χ4v) is 3.29. The lowest BCUT2D eigenvalue weighted by Crippen LogP contribution is -2.40. The Balaban J connectivity index is 3.22. The molecule has 0 amide bonds. The van der Waals surface area contributed by atoms with Crippen LogP contribution in [0.1, 0.15) is 20.8 Å². The molecule has 0 radical (unpaired) electrons. The normalized spacial score (nSPS) is 12.8. The Bertz CT molecular complexity index is 492. The Morgan fingerprint density at radius 3 is 2.38 bits per heavy atom. The number of sulfonamides is 1. The lowest BCUT2D eigenvalue weighted by atomic mass is 10.1. The Labute approximate surface area is 104 Å². The third kappa shape index (κ3) is 3.47. The summed E-state index contributed by atoms with van der Waals surface area (Å²) in [6, 6.07) is 4.75. The Morgan fingerprint density at radius 1 is 1.31 bits per heavy atom. The van der Waals surface area contributed by atoms with E-state index >= 15 is 0 Å². The smallest absolute Gasteiger partial charge is 0.243 e. The van der Waals surface area contributed by atoms with Crippen molar-refractivity contribution in [2.45, 2.75) is 31.2 Å². The number of rotatable bonds is 2. The molecule has 0 bridgehead atoms. The molecule has 0 atom stereocenters. The number of benzene rings is 1. The zero-order valence-electron chi connectivity index (χ0n) is 9.41. The largest absolute Gasteiger partial charge is 0.398 e. The summed E-state index contributed by atoms with van der Waals surface area (Å²) in [4.78, 5) is 0.0943. The third-order valence-corrected chi connectivity index (χ3v) is 4.01. The van der Waals surface area contributed by atoms with E-state index in [1.807, 2.05) is 0 Å². The van der Waals surface area contributed by atoms with Crippen molar-refractivity contribution in [1.82, 2.24) is 4.72 Å². The van der Waals surface area contributed by atoms with E-state index in [1.54, 1.807) is 32.9 Å². The summed E-state index contributed by atoms with van der Waals surface area (Å²) < 4.78 is 27.2. The Hall–Kier alpha value is -0.590. The van der Waals surface area contributed by atoms with Crippen LogP contribution in [-0.4, -0.2) is 14.0 Å². The third-order valence-electron chi connectivity index (χ3n) is 1.71. The van der Waals surface area contributed by atoms with Crippen LogP contribution in [0.15, 0.2) is 27.6 Å². The van der Waals surface area contributed by atoms with Crippen LogP contribution in [-0.2, 0) is 10.0 Å². The first-order chi connectivity index (χ1) is 7.12. The maximum Gasteiger partial charge on any atom is 0.243 e. The SMILES string of the molecule is CC(C)(C)NS(=O)(=O)c1cc(Br)ccc1N. The highest BCUT2D eigenvalue weighted by molar-refractivity contribution is 9.10. The van der Waals surface area contributed by atoms with Crippen molar-refractivity contribution in [2.24, 2.45) is 0 Å². The standard InChI is InChI=1S/C10H15BrN2O2S/c1-10(2,3)13-16(14,15)9-6-7(11)4-5-8(9)12/h4-6,13H,12H2,1-3H3. The van der Waals surface area contributed by atoms with Crippen molar-refractivity contribution in [3.05, 3.63) is 22.7 Å². The van der Waals surface area contributed by atoms with Crippen LogP contribution < -0.4 is 10.5 Å². The maximum absolute atomic E-state index is 12.0. The van der Waals surface area contributed by atoms with Gasteiger partial charge in [-0.2, -0.15) is 0 Å². The van der Waals surface area contributed by atoms with Crippen molar-refractivity contribution < 1.29 is 8.42 Å². The molecule has 0 unspecified atom stereocenters. The van der Waals surface area contributed by atoms with Crippen molar-refractivity contribution in [1.29, 1.82) is 0 Å². The second-order valence-electron chi connectivity index (χ2n) is 4.54. The summed E-state index contributed by atoms with van der Waals surface area (Å²) in [5.74, 6) is 0. The van der Waals surface area contributed by atoms with Gasteiger partial charge in [-0.05, 0) is 39.0 Å². The number of hydrogen-bond donors (Lipinski definition) is 2. The summed E-state index contributed by atoms with van der Waals surface area (Å²) in [6.45, 7) is 5.33. The van der Waals surface area contributed by atoms with Crippen molar-refractivity contribution in [3.8, 4) is 0 Å². The summed E-state index contributed by atoms with van der Waals surface area (Å²) in [5, 5.41) is 0. The van der Waals surface area contributed by atoms with Gasteiger partial charge in [-0.15, -0.1) is 0 Å². The molecule has 4 nitrogen and oxygen atoms in total. The molecule has 0 aliphatic rings. The van der Waals surface area contributed by atoms with Gasteiger partial charge in [0.1, 0.15) is 4.90 Å². The first-order valence-electron chi connectivity index (χ1n) is 4.71. The minimum atomic E-state index is -3.58. The molecular formula is C10H15BrN2O2S. The Kier molecular flexibility index (Phi) is 3.66. The second-order valence-corrected chi connectivity index (χ2v) is 7.10. The topological polar surface area (TPSA) is 72.2 Å². The molecule has 1 aromatic carbocycles. The highest BCUT2D eigenvalue weighted by Gasteiger charge is 2.23. The predicted molar refractivity (Wildman–Crippen MR) is 68.6 cm³/mol. The van der Waals surface area contributed by atoms with E-state index in [4.69, 9.17) is 5.73 Å². The monoisotopic (exact) mass is 306 g/mol. The van der Waals surface area contributed by atoms with Gasteiger partial charge in [-0.25, -0.2) is 13.1 Å². The summed E-state index contributed by atoms with van der Waals surface area (Å²) in [7, 11) is -3.58. The van der Waals surface area contributed by atoms with E-state index in [1.165, 1.54) is 6.07 Å². The Morgan fingerprint density at radius 2 is 1.88 bits per heavy atom. The van der Waals surface area contributed by atoms with Gasteiger partial charge < -0.3 is 5.73 Å². The van der Waals surface area contributed by atoms with Gasteiger partial charge >= 0.3 is 0 Å². The molecule has 3 N–H and O–H groups in total. The van der Waals surface area contributed by atoms with Gasteiger partial charge in [-0.3, -0.25) is 0 Å². The van der Waals surface area contributed by atoms with E-state index in [0.717, 1.165) is 0 Å². The first kappa shape index (κ1) is 13.5. The average molecular weight is 307 g/mol. The quantitative estimate of drug-likeness (QED) is 0.822. The molecule has 16 heavy (non-hydrogen) atoms. The van der Waals surface area contributed by atoms with Crippen molar-refractivity contribution in [2.75, 3.05) is 5.73 Å². The first-order valence-corrected chi connectivity index (χ1v) is 6.98. The van der Waals surface area contributed by atoms with E-state index < -0.39 is 15.6 Å². The van der Waals surface area contributed by atoms with Crippen LogP contribution in [0.2, 0.25) is 0 Å². The van der Waals surface area contributed by atoms with Crippen LogP contribution in [0, 0.1) is 0 Å². The lowest BCUT2D eigenvalue weighted by molar-refractivity contribution is 0.491. The number of hydrogen-bond acceptors (Lipinski definition) is 3. The fraction of sp³-hybridized carbons (Fsp3) is 0.400. The highest BCUT2D eigenvalue weighted by Crippen LogP contribution is 2.23. The van der Waals surface area contributed by atoms with E-state index in [2.05, 4.69) is 20.7 Å². The number of nitrogen functional groups attached to an aromatic ring is 1. The molecule has 0 spiro atoms. The van der Waals surface area contributed by atoms with Crippen LogP contribution in [0.3, 0.4) is 0 Å². The zero-order valence-corrected chi connectivity index (χ0v) is 11.8. The van der Waals surface area contributed by atoms with Crippen LogP contribution in [0.25, 0.3) is 0 Å². The van der Waals surface area contributed by atoms with Gasteiger partial charge in [0, 0.05) is 10.0 Å². The summed E-state index contributed by atoms with van der Waals surface area (Å²) in [5.41, 5.74) is 5.36. The van der Waals surface area contributed by atoms with Crippen LogP contribution >= 0.6 is 15.9 Å². The number of nitrogens with one attached hydrogen (secondary N) is 1. The van der Waals surface area contributed by atoms with E-state index in [0.29, 0.717) is 4.47 Å². The summed E-state index contributed by atoms with van der Waals surface area (Å²) in [6.07, 6.45) is 0. The summed E-state index contributed by atoms with van der Waals surface area (Å²) >= 11 is 3.22. The molecule has 0 fully saturated rings. The molecule has 0 aliphatic carbocycles. The fourth-order valence-electron chi connectivity index (χ4n) is 1.20. The number of anilines is 1. The minimum Gasteiger partial charge on any atom is -0.398 e. The van der Waals surface area contributed by atoms with Crippen LogP contribution in [0.4, 0.5) is 5.69 Å². The molecule has 0 heterocycles. The van der Waals surface area contributed by atoms with Gasteiger partial charge in [0.15, 0.2) is 0 Å². The average Bonchev–Trinajstić information content (AvgIpc) is 2.04. The van der Waals surface area contributed by atoms with Gasteiger partial charge in [0.25, 0.3) is 0 Å². The number of halogens is 1. The molecule has 0 aliphatic heterocycles. The van der Waals surface area contributed by atoms with E-state index in [-0.39, 0.29) is 10.6 Å². The molecule has 0 aromatic heterocycles. The molecule has 90 valence electrons.